The molecule has 0 saturated heterocycles. The van der Waals surface area contributed by atoms with Crippen molar-refractivity contribution < 1.29 is 0 Å². The number of nitrogens with two attached hydrogens (primary N) is 1. The van der Waals surface area contributed by atoms with Gasteiger partial charge in [0.1, 0.15) is 0 Å². The highest BCUT2D eigenvalue weighted by atomic mass is 15.2. The number of nitrogens with zero attached hydrogens (tertiary/aromatic N) is 2. The molecular weight excluding hydrogens is 260 g/mol. The van der Waals surface area contributed by atoms with E-state index in [1.165, 1.54) is 0 Å². The second-order valence-electron chi connectivity index (χ2n) is 5.20. The molecule has 2 heterocycles. The molecule has 0 aliphatic rings. The lowest BCUT2D eigenvalue weighted by Crippen LogP contribution is -2.29. The Morgan fingerprint density at radius 3 is 2.52 bits per heavy atom. The van der Waals surface area contributed by atoms with Gasteiger partial charge in [-0.15, -0.1) is 0 Å². The number of nitrogens with one attached hydrogen (secondary N) is 1. The topological polar surface area (TPSA) is 63.8 Å². The smallest absolute Gasteiger partial charge is 0.0717 e. The summed E-state index contributed by atoms with van der Waals surface area (Å²) in [4.78, 5) is 8.83. The number of rotatable bonds is 3. The van der Waals surface area contributed by atoms with E-state index >= 15 is 0 Å². The van der Waals surface area contributed by atoms with Crippen LogP contribution in [0.5, 0.6) is 0 Å². The Labute approximate surface area is 124 Å². The fourth-order valence-corrected chi connectivity index (χ4v) is 2.78. The Balaban J connectivity index is 2.18. The molecule has 4 nitrogen and oxygen atoms in total. The standard InChI is InChI=1S/C17H18N4/c1-11-9-13(10-12(2)20-11)17(21-18)15-5-3-7-16-14(15)6-4-8-19-16/h3-10,17,21H,18H2,1-2H3. The Bertz CT molecular complexity index is 757. The number of aromatic nitrogens is 2. The highest BCUT2D eigenvalue weighted by Gasteiger charge is 2.16. The van der Waals surface area contributed by atoms with Crippen LogP contribution >= 0.6 is 0 Å². The number of aryl methyl sites for hydroxylation is 2. The van der Waals surface area contributed by atoms with E-state index in [9.17, 15) is 0 Å². The summed E-state index contributed by atoms with van der Waals surface area (Å²) >= 11 is 0. The van der Waals surface area contributed by atoms with E-state index in [1.807, 2.05) is 32.0 Å². The van der Waals surface area contributed by atoms with Gasteiger partial charge in [-0.3, -0.25) is 15.8 Å². The lowest BCUT2D eigenvalue weighted by molar-refractivity contribution is 0.638. The summed E-state index contributed by atoms with van der Waals surface area (Å²) in [6.07, 6.45) is 1.80. The van der Waals surface area contributed by atoms with E-state index in [-0.39, 0.29) is 6.04 Å². The van der Waals surface area contributed by atoms with Crippen LogP contribution in [0.4, 0.5) is 0 Å². The van der Waals surface area contributed by atoms with Crippen LogP contribution in [-0.4, -0.2) is 9.97 Å². The highest BCUT2D eigenvalue weighted by Crippen LogP contribution is 2.28. The van der Waals surface area contributed by atoms with Crippen molar-refractivity contribution in [2.45, 2.75) is 19.9 Å². The average Bonchev–Trinajstić information content (AvgIpc) is 2.47. The second-order valence-corrected chi connectivity index (χ2v) is 5.20. The van der Waals surface area contributed by atoms with Crippen molar-refractivity contribution >= 4 is 10.9 Å². The van der Waals surface area contributed by atoms with Crippen LogP contribution in [0.15, 0.2) is 48.7 Å². The zero-order chi connectivity index (χ0) is 14.8. The van der Waals surface area contributed by atoms with Crippen LogP contribution in [0.1, 0.15) is 28.6 Å². The number of fused-ring (bicyclic) bond motifs is 1. The average molecular weight is 278 g/mol. The van der Waals surface area contributed by atoms with Gasteiger partial charge >= 0.3 is 0 Å². The van der Waals surface area contributed by atoms with Crippen molar-refractivity contribution in [3.05, 3.63) is 71.2 Å². The molecule has 3 N–H and O–H groups in total. The van der Waals surface area contributed by atoms with Crippen molar-refractivity contribution in [1.82, 2.24) is 15.4 Å². The fourth-order valence-electron chi connectivity index (χ4n) is 2.78. The van der Waals surface area contributed by atoms with Gasteiger partial charge in [-0.1, -0.05) is 18.2 Å². The molecule has 0 fully saturated rings. The van der Waals surface area contributed by atoms with Crippen molar-refractivity contribution in [2.75, 3.05) is 0 Å². The third-order valence-electron chi connectivity index (χ3n) is 3.59. The van der Waals surface area contributed by atoms with Crippen LogP contribution in [0.25, 0.3) is 10.9 Å². The first-order chi connectivity index (χ1) is 10.2. The summed E-state index contributed by atoms with van der Waals surface area (Å²) in [5.74, 6) is 5.84. The third-order valence-corrected chi connectivity index (χ3v) is 3.59. The quantitative estimate of drug-likeness (QED) is 0.571. The molecule has 21 heavy (non-hydrogen) atoms. The van der Waals surface area contributed by atoms with Gasteiger partial charge in [-0.05, 0) is 49.2 Å². The number of hydrogen-bond acceptors (Lipinski definition) is 4. The van der Waals surface area contributed by atoms with Crippen LogP contribution in [-0.2, 0) is 0 Å². The van der Waals surface area contributed by atoms with Gasteiger partial charge in [0, 0.05) is 23.0 Å². The molecule has 4 heteroatoms. The summed E-state index contributed by atoms with van der Waals surface area (Å²) < 4.78 is 0. The summed E-state index contributed by atoms with van der Waals surface area (Å²) in [6, 6.07) is 14.2. The minimum Gasteiger partial charge on any atom is -0.271 e. The summed E-state index contributed by atoms with van der Waals surface area (Å²) in [7, 11) is 0. The maximum atomic E-state index is 5.84. The molecule has 0 saturated carbocycles. The molecule has 1 unspecified atom stereocenters. The molecule has 0 spiro atoms. The number of hydrogen-bond donors (Lipinski definition) is 2. The van der Waals surface area contributed by atoms with Crippen LogP contribution in [0, 0.1) is 13.8 Å². The van der Waals surface area contributed by atoms with Gasteiger partial charge < -0.3 is 0 Å². The van der Waals surface area contributed by atoms with Crippen LogP contribution < -0.4 is 11.3 Å². The normalized spacial score (nSPS) is 12.5. The monoisotopic (exact) mass is 278 g/mol. The molecule has 0 aliphatic heterocycles. The maximum absolute atomic E-state index is 5.84. The van der Waals surface area contributed by atoms with Gasteiger partial charge in [0.25, 0.3) is 0 Å². The summed E-state index contributed by atoms with van der Waals surface area (Å²) in [6.45, 7) is 3.99. The molecule has 1 atom stereocenters. The third kappa shape index (κ3) is 2.63. The van der Waals surface area contributed by atoms with E-state index in [1.54, 1.807) is 6.20 Å². The molecule has 106 valence electrons. The zero-order valence-electron chi connectivity index (χ0n) is 12.2. The Kier molecular flexibility index (Phi) is 3.64. The summed E-state index contributed by atoms with van der Waals surface area (Å²) in [5.41, 5.74) is 8.10. The Morgan fingerprint density at radius 2 is 1.81 bits per heavy atom. The second kappa shape index (κ2) is 5.60. The van der Waals surface area contributed by atoms with Gasteiger partial charge in [0.15, 0.2) is 0 Å². The van der Waals surface area contributed by atoms with Crippen LogP contribution in [0.3, 0.4) is 0 Å². The van der Waals surface area contributed by atoms with Crippen molar-refractivity contribution in [2.24, 2.45) is 5.84 Å². The SMILES string of the molecule is Cc1cc(C(NN)c2cccc3ncccc23)cc(C)n1. The number of hydrazine groups is 1. The molecule has 3 rings (SSSR count). The summed E-state index contributed by atoms with van der Waals surface area (Å²) in [5, 5.41) is 1.11. The molecule has 0 bridgehead atoms. The van der Waals surface area contributed by atoms with Gasteiger partial charge in [-0.2, -0.15) is 0 Å². The van der Waals surface area contributed by atoms with E-state index in [2.05, 4.69) is 39.7 Å². The largest absolute Gasteiger partial charge is 0.271 e. The molecule has 3 aromatic rings. The van der Waals surface area contributed by atoms with E-state index < -0.39 is 0 Å². The number of pyridine rings is 2. The zero-order valence-corrected chi connectivity index (χ0v) is 12.2. The molecule has 0 aliphatic carbocycles. The minimum atomic E-state index is -0.0849. The lowest BCUT2D eigenvalue weighted by atomic mass is 9.95. The predicted octanol–water partition coefficient (Wildman–Crippen LogP) is 2.80. The lowest BCUT2D eigenvalue weighted by Gasteiger charge is -2.19. The first-order valence-corrected chi connectivity index (χ1v) is 6.94. The van der Waals surface area contributed by atoms with Gasteiger partial charge in [0.05, 0.1) is 11.6 Å². The van der Waals surface area contributed by atoms with Crippen molar-refractivity contribution in [3.8, 4) is 0 Å². The highest BCUT2D eigenvalue weighted by molar-refractivity contribution is 5.83. The van der Waals surface area contributed by atoms with E-state index in [0.29, 0.717) is 0 Å². The van der Waals surface area contributed by atoms with Crippen molar-refractivity contribution in [3.63, 3.8) is 0 Å². The molecule has 1 aromatic carbocycles. The van der Waals surface area contributed by atoms with Gasteiger partial charge in [-0.25, -0.2) is 5.43 Å². The molecule has 0 radical (unpaired) electrons. The first kappa shape index (κ1) is 13.7. The fraction of sp³-hybridized carbons (Fsp3) is 0.176. The first-order valence-electron chi connectivity index (χ1n) is 6.94. The maximum Gasteiger partial charge on any atom is 0.0717 e. The minimum absolute atomic E-state index is 0.0849. The van der Waals surface area contributed by atoms with Gasteiger partial charge in [0.2, 0.25) is 0 Å². The molecular formula is C17H18N4. The number of benzene rings is 1. The van der Waals surface area contributed by atoms with Crippen LogP contribution in [0.2, 0.25) is 0 Å². The van der Waals surface area contributed by atoms with E-state index in [4.69, 9.17) is 5.84 Å². The Hall–Kier alpha value is -2.30. The van der Waals surface area contributed by atoms with E-state index in [0.717, 1.165) is 33.4 Å². The predicted molar refractivity (Wildman–Crippen MR) is 84.6 cm³/mol. The molecule has 0 amide bonds. The Morgan fingerprint density at radius 1 is 1.05 bits per heavy atom. The molecule has 2 aromatic heterocycles. The van der Waals surface area contributed by atoms with Crippen molar-refractivity contribution in [1.29, 1.82) is 0 Å².